The number of rotatable bonds is 6. The molecule has 1 aromatic rings. The molecule has 0 heterocycles. The van der Waals surface area contributed by atoms with Gasteiger partial charge in [-0.15, -0.1) is 12.4 Å². The second-order valence-electron chi connectivity index (χ2n) is 6.50. The quantitative estimate of drug-likeness (QED) is 0.472. The Balaban J connectivity index is 0.00000176. The molecule has 0 bridgehead atoms. The third kappa shape index (κ3) is 4.02. The Bertz CT molecular complexity index is 500. The molecule has 0 spiro atoms. The fraction of sp³-hybridized carbons (Fsp3) is 0.611. The molecular formula is C18H27ClN2O. The fourth-order valence-corrected chi connectivity index (χ4v) is 3.58. The number of hydrogen-bond donors (Lipinski definition) is 2. The summed E-state index contributed by atoms with van der Waals surface area (Å²) in [6, 6.07) is 8.33. The molecule has 1 unspecified atom stereocenters. The SMILES string of the molecule is Cl.O/N=C1\c2ccccc2CCC1CCNCCC1CCC1. The van der Waals surface area contributed by atoms with Crippen LogP contribution in [0.25, 0.3) is 0 Å². The maximum absolute atomic E-state index is 9.39. The number of benzene rings is 1. The van der Waals surface area contributed by atoms with E-state index in [0.717, 1.165) is 49.5 Å². The summed E-state index contributed by atoms with van der Waals surface area (Å²) in [7, 11) is 0. The van der Waals surface area contributed by atoms with Gasteiger partial charge in [0, 0.05) is 11.5 Å². The van der Waals surface area contributed by atoms with E-state index in [-0.39, 0.29) is 12.4 Å². The van der Waals surface area contributed by atoms with E-state index in [4.69, 9.17) is 0 Å². The molecule has 122 valence electrons. The van der Waals surface area contributed by atoms with Gasteiger partial charge in [0.1, 0.15) is 0 Å². The summed E-state index contributed by atoms with van der Waals surface area (Å²) in [6.07, 6.45) is 8.89. The first-order valence-electron chi connectivity index (χ1n) is 8.39. The molecule has 0 radical (unpaired) electrons. The van der Waals surface area contributed by atoms with Gasteiger partial charge in [-0.1, -0.05) is 48.7 Å². The van der Waals surface area contributed by atoms with Crippen LogP contribution in [-0.2, 0) is 6.42 Å². The zero-order valence-corrected chi connectivity index (χ0v) is 13.9. The first kappa shape index (κ1) is 17.3. The van der Waals surface area contributed by atoms with E-state index in [1.165, 1.54) is 31.2 Å². The minimum absolute atomic E-state index is 0. The smallest absolute Gasteiger partial charge is 0.0901 e. The molecule has 2 N–H and O–H groups in total. The number of nitrogens with zero attached hydrogens (tertiary/aromatic N) is 1. The lowest BCUT2D eigenvalue weighted by Crippen LogP contribution is -2.28. The van der Waals surface area contributed by atoms with Crippen molar-refractivity contribution in [3.05, 3.63) is 35.4 Å². The lowest BCUT2D eigenvalue weighted by atomic mass is 9.80. The summed E-state index contributed by atoms with van der Waals surface area (Å²) >= 11 is 0. The van der Waals surface area contributed by atoms with Crippen LogP contribution in [0.5, 0.6) is 0 Å². The van der Waals surface area contributed by atoms with E-state index in [0.29, 0.717) is 5.92 Å². The number of fused-ring (bicyclic) bond motifs is 1. The van der Waals surface area contributed by atoms with Crippen LogP contribution in [0.3, 0.4) is 0 Å². The number of hydrogen-bond acceptors (Lipinski definition) is 3. The Morgan fingerprint density at radius 2 is 1.86 bits per heavy atom. The summed E-state index contributed by atoms with van der Waals surface area (Å²) in [6.45, 7) is 2.16. The molecule has 0 saturated heterocycles. The second-order valence-corrected chi connectivity index (χ2v) is 6.50. The van der Waals surface area contributed by atoms with E-state index in [9.17, 15) is 5.21 Å². The van der Waals surface area contributed by atoms with Crippen LogP contribution in [-0.4, -0.2) is 24.0 Å². The summed E-state index contributed by atoms with van der Waals surface area (Å²) < 4.78 is 0. The molecule has 3 nitrogen and oxygen atoms in total. The maximum atomic E-state index is 9.39. The Hall–Kier alpha value is -1.06. The third-order valence-electron chi connectivity index (χ3n) is 5.17. The highest BCUT2D eigenvalue weighted by Gasteiger charge is 2.25. The Kier molecular flexibility index (Phi) is 6.71. The van der Waals surface area contributed by atoms with Crippen LogP contribution in [0, 0.1) is 11.8 Å². The maximum Gasteiger partial charge on any atom is 0.0901 e. The van der Waals surface area contributed by atoms with Crippen LogP contribution in [0.2, 0.25) is 0 Å². The minimum Gasteiger partial charge on any atom is -0.411 e. The standard InChI is InChI=1S/C18H26N2O.ClH/c21-20-18-16(9-8-15-6-1-2-7-17(15)18)11-13-19-12-10-14-4-3-5-14;/h1-2,6-7,14,16,19,21H,3-5,8-13H2;1H/b20-18-;. The van der Waals surface area contributed by atoms with Crippen LogP contribution < -0.4 is 5.32 Å². The van der Waals surface area contributed by atoms with Gasteiger partial charge < -0.3 is 10.5 Å². The first-order chi connectivity index (χ1) is 10.4. The predicted octanol–water partition coefficient (Wildman–Crippen LogP) is 4.02. The van der Waals surface area contributed by atoms with Gasteiger partial charge in [0.25, 0.3) is 0 Å². The van der Waals surface area contributed by atoms with Gasteiger partial charge in [0.2, 0.25) is 0 Å². The fourth-order valence-electron chi connectivity index (χ4n) is 3.58. The van der Waals surface area contributed by atoms with Gasteiger partial charge in [-0.3, -0.25) is 0 Å². The van der Waals surface area contributed by atoms with Crippen molar-refractivity contribution in [1.82, 2.24) is 5.32 Å². The number of nitrogens with one attached hydrogen (secondary N) is 1. The molecule has 1 fully saturated rings. The molecule has 2 aliphatic carbocycles. The van der Waals surface area contributed by atoms with Crippen molar-refractivity contribution in [1.29, 1.82) is 0 Å². The molecular weight excluding hydrogens is 296 g/mol. The summed E-state index contributed by atoms with van der Waals surface area (Å²) in [4.78, 5) is 0. The van der Waals surface area contributed by atoms with Gasteiger partial charge >= 0.3 is 0 Å². The van der Waals surface area contributed by atoms with Crippen LogP contribution in [0.1, 0.15) is 49.7 Å². The molecule has 1 saturated carbocycles. The van der Waals surface area contributed by atoms with Crippen molar-refractivity contribution in [2.75, 3.05) is 13.1 Å². The predicted molar refractivity (Wildman–Crippen MR) is 93.3 cm³/mol. The highest BCUT2D eigenvalue weighted by Crippen LogP contribution is 2.29. The lowest BCUT2D eigenvalue weighted by molar-refractivity contribution is 0.291. The van der Waals surface area contributed by atoms with E-state index in [1.54, 1.807) is 0 Å². The van der Waals surface area contributed by atoms with E-state index in [2.05, 4.69) is 28.7 Å². The number of aryl methyl sites for hydroxylation is 1. The lowest BCUT2D eigenvalue weighted by Gasteiger charge is -2.27. The monoisotopic (exact) mass is 322 g/mol. The zero-order valence-electron chi connectivity index (χ0n) is 13.1. The zero-order chi connectivity index (χ0) is 14.5. The normalized spacial score (nSPS) is 22.7. The average Bonchev–Trinajstić information content (AvgIpc) is 2.48. The van der Waals surface area contributed by atoms with Crippen molar-refractivity contribution in [2.24, 2.45) is 17.0 Å². The van der Waals surface area contributed by atoms with Gasteiger partial charge in [-0.2, -0.15) is 0 Å². The summed E-state index contributed by atoms with van der Waals surface area (Å²) in [5, 5.41) is 16.6. The topological polar surface area (TPSA) is 44.6 Å². The van der Waals surface area contributed by atoms with E-state index in [1.807, 2.05) is 6.07 Å². The van der Waals surface area contributed by atoms with Gasteiger partial charge in [0.15, 0.2) is 0 Å². The molecule has 4 heteroatoms. The highest BCUT2D eigenvalue weighted by molar-refractivity contribution is 6.03. The number of oxime groups is 1. The minimum atomic E-state index is 0. The highest BCUT2D eigenvalue weighted by atomic mass is 35.5. The molecule has 2 aliphatic rings. The largest absolute Gasteiger partial charge is 0.411 e. The van der Waals surface area contributed by atoms with Crippen molar-refractivity contribution in [3.8, 4) is 0 Å². The average molecular weight is 323 g/mol. The molecule has 22 heavy (non-hydrogen) atoms. The van der Waals surface area contributed by atoms with Crippen molar-refractivity contribution >= 4 is 18.1 Å². The Morgan fingerprint density at radius 3 is 2.59 bits per heavy atom. The third-order valence-corrected chi connectivity index (χ3v) is 5.17. The van der Waals surface area contributed by atoms with Crippen LogP contribution >= 0.6 is 12.4 Å². The molecule has 0 aliphatic heterocycles. The van der Waals surface area contributed by atoms with Crippen molar-refractivity contribution in [2.45, 2.75) is 44.9 Å². The summed E-state index contributed by atoms with van der Waals surface area (Å²) in [5.74, 6) is 1.37. The van der Waals surface area contributed by atoms with Gasteiger partial charge in [0.05, 0.1) is 5.71 Å². The van der Waals surface area contributed by atoms with Gasteiger partial charge in [-0.25, -0.2) is 0 Å². The van der Waals surface area contributed by atoms with Crippen molar-refractivity contribution in [3.63, 3.8) is 0 Å². The Morgan fingerprint density at radius 1 is 1.09 bits per heavy atom. The van der Waals surface area contributed by atoms with E-state index >= 15 is 0 Å². The second kappa shape index (κ2) is 8.54. The Labute approximate surface area is 139 Å². The number of halogens is 1. The molecule has 0 aromatic heterocycles. The van der Waals surface area contributed by atoms with Crippen molar-refractivity contribution < 1.29 is 5.21 Å². The van der Waals surface area contributed by atoms with E-state index < -0.39 is 0 Å². The first-order valence-corrected chi connectivity index (χ1v) is 8.39. The molecule has 1 atom stereocenters. The molecule has 1 aromatic carbocycles. The van der Waals surface area contributed by atoms with Crippen LogP contribution in [0.4, 0.5) is 0 Å². The van der Waals surface area contributed by atoms with Crippen LogP contribution in [0.15, 0.2) is 29.4 Å². The summed E-state index contributed by atoms with van der Waals surface area (Å²) in [5.41, 5.74) is 3.35. The molecule has 0 amide bonds. The molecule has 3 rings (SSSR count). The van der Waals surface area contributed by atoms with Gasteiger partial charge in [-0.05, 0) is 50.3 Å².